The van der Waals surface area contributed by atoms with Gasteiger partial charge in [-0.05, 0) is 91.1 Å². The molecule has 5 rings (SSSR count). The number of benzene rings is 1. The first-order chi connectivity index (χ1) is 17.7. The number of anilines is 1. The lowest BCUT2D eigenvalue weighted by molar-refractivity contribution is -0.143. The van der Waals surface area contributed by atoms with E-state index in [2.05, 4.69) is 47.5 Å². The highest BCUT2D eigenvalue weighted by Gasteiger charge is 2.32. The Hall–Kier alpha value is -2.94. The van der Waals surface area contributed by atoms with E-state index in [9.17, 15) is 14.7 Å². The molecule has 4 atom stereocenters. The molecule has 1 saturated carbocycles. The third-order valence-corrected chi connectivity index (χ3v) is 8.12. The van der Waals surface area contributed by atoms with E-state index in [0.717, 1.165) is 55.2 Å². The second-order valence-electron chi connectivity index (χ2n) is 10.7. The van der Waals surface area contributed by atoms with Crippen molar-refractivity contribution in [2.75, 3.05) is 32.1 Å². The Morgan fingerprint density at radius 3 is 2.35 bits per heavy atom. The summed E-state index contributed by atoms with van der Waals surface area (Å²) in [7, 11) is 4.30. The molecule has 37 heavy (non-hydrogen) atoms. The highest BCUT2D eigenvalue weighted by Crippen LogP contribution is 2.40. The largest absolute Gasteiger partial charge is 0.483 e. The Labute approximate surface area is 219 Å². The minimum Gasteiger partial charge on any atom is -0.483 e. The van der Waals surface area contributed by atoms with Crippen LogP contribution in [0.15, 0.2) is 12.1 Å². The smallest absolute Gasteiger partial charge is 0.306 e. The number of imidazole rings is 1. The molecule has 2 aliphatic heterocycles. The van der Waals surface area contributed by atoms with Crippen LogP contribution in [0.2, 0.25) is 0 Å². The number of aromatic nitrogens is 2. The van der Waals surface area contributed by atoms with Gasteiger partial charge in [0.15, 0.2) is 0 Å². The summed E-state index contributed by atoms with van der Waals surface area (Å²) in [5.74, 6) is -0.573. The van der Waals surface area contributed by atoms with Gasteiger partial charge in [0.05, 0.1) is 22.9 Å². The SMILES string of the molecule is CC(C=O)c1nc2c3c(ccc2n1C1CCCC(C(=O)O)C1)N(C)C(C)CC3.CN1CCCC1.O=CO. The number of aryl methyl sites for hydroxylation is 1. The van der Waals surface area contributed by atoms with Gasteiger partial charge >= 0.3 is 5.97 Å². The quantitative estimate of drug-likeness (QED) is 0.579. The van der Waals surface area contributed by atoms with Crippen LogP contribution >= 0.6 is 0 Å². The fourth-order valence-electron chi connectivity index (χ4n) is 5.85. The summed E-state index contributed by atoms with van der Waals surface area (Å²) in [6.07, 6.45) is 8.99. The highest BCUT2D eigenvalue weighted by molar-refractivity contribution is 5.87. The fourth-order valence-corrected chi connectivity index (χ4v) is 5.85. The number of likely N-dealkylation sites (tertiary alicyclic amines) is 1. The molecular weight excluding hydrogens is 472 g/mol. The number of carboxylic acid groups (broad SMARTS) is 2. The number of fused-ring (bicyclic) bond motifs is 3. The van der Waals surface area contributed by atoms with Crippen LogP contribution in [0.25, 0.3) is 11.0 Å². The van der Waals surface area contributed by atoms with Crippen LogP contribution in [0.1, 0.15) is 82.1 Å². The van der Waals surface area contributed by atoms with Crippen LogP contribution in [0.3, 0.4) is 0 Å². The zero-order chi connectivity index (χ0) is 27.1. The first kappa shape index (κ1) is 28.6. The number of aldehydes is 1. The monoisotopic (exact) mass is 514 g/mol. The molecule has 2 aromatic rings. The van der Waals surface area contributed by atoms with Gasteiger partial charge in [-0.2, -0.15) is 0 Å². The van der Waals surface area contributed by atoms with E-state index in [1.807, 2.05) is 6.92 Å². The number of carboxylic acids is 1. The summed E-state index contributed by atoms with van der Waals surface area (Å²) < 4.78 is 2.18. The Morgan fingerprint density at radius 1 is 1.11 bits per heavy atom. The van der Waals surface area contributed by atoms with Crippen LogP contribution in [0.5, 0.6) is 0 Å². The van der Waals surface area contributed by atoms with E-state index in [1.165, 1.54) is 37.2 Å². The number of nitrogens with zero attached hydrogens (tertiary/aromatic N) is 4. The van der Waals surface area contributed by atoms with Crippen molar-refractivity contribution in [3.63, 3.8) is 0 Å². The van der Waals surface area contributed by atoms with E-state index >= 15 is 0 Å². The number of aliphatic carboxylic acids is 1. The predicted molar refractivity (Wildman–Crippen MR) is 144 cm³/mol. The van der Waals surface area contributed by atoms with Gasteiger partial charge in [0.2, 0.25) is 0 Å². The van der Waals surface area contributed by atoms with Crippen LogP contribution in [-0.4, -0.2) is 76.6 Å². The van der Waals surface area contributed by atoms with E-state index in [4.69, 9.17) is 14.9 Å². The average Bonchev–Trinajstić information content (AvgIpc) is 3.53. The maximum absolute atomic E-state index is 11.6. The molecule has 204 valence electrons. The lowest BCUT2D eigenvalue weighted by Gasteiger charge is -2.34. The molecular formula is C28H42N4O5. The van der Waals surface area contributed by atoms with Gasteiger partial charge < -0.3 is 29.4 Å². The third-order valence-electron chi connectivity index (χ3n) is 8.12. The molecule has 1 saturated heterocycles. The Balaban J connectivity index is 0.000000360. The van der Waals surface area contributed by atoms with Crippen molar-refractivity contribution >= 4 is 35.4 Å². The molecule has 1 aliphatic carbocycles. The van der Waals surface area contributed by atoms with Gasteiger partial charge in [-0.15, -0.1) is 0 Å². The molecule has 9 nitrogen and oxygen atoms in total. The normalized spacial score (nSPS) is 24.2. The number of hydrogen-bond acceptors (Lipinski definition) is 6. The first-order valence-corrected chi connectivity index (χ1v) is 13.4. The van der Waals surface area contributed by atoms with Gasteiger partial charge in [-0.1, -0.05) is 6.42 Å². The van der Waals surface area contributed by atoms with Gasteiger partial charge in [-0.25, -0.2) is 4.98 Å². The number of hydrogen-bond donors (Lipinski definition) is 2. The first-order valence-electron chi connectivity index (χ1n) is 13.4. The number of carbonyl (C=O) groups is 3. The molecule has 2 fully saturated rings. The number of rotatable bonds is 4. The maximum Gasteiger partial charge on any atom is 0.306 e. The molecule has 0 bridgehead atoms. The number of carbonyl (C=O) groups excluding carboxylic acids is 1. The van der Waals surface area contributed by atoms with Crippen molar-refractivity contribution in [1.82, 2.24) is 14.5 Å². The summed E-state index contributed by atoms with van der Waals surface area (Å²) >= 11 is 0. The van der Waals surface area contributed by atoms with Crippen molar-refractivity contribution in [2.45, 2.75) is 83.2 Å². The summed E-state index contributed by atoms with van der Waals surface area (Å²) in [4.78, 5) is 41.2. The second kappa shape index (κ2) is 13.0. The van der Waals surface area contributed by atoms with Crippen LogP contribution in [0.4, 0.5) is 5.69 Å². The third kappa shape index (κ3) is 6.50. The van der Waals surface area contributed by atoms with E-state index in [-0.39, 0.29) is 24.3 Å². The molecule has 1 aromatic heterocycles. The maximum atomic E-state index is 11.6. The lowest BCUT2D eigenvalue weighted by Crippen LogP contribution is -2.33. The lowest BCUT2D eigenvalue weighted by atomic mass is 9.85. The molecule has 1 aromatic carbocycles. The molecule has 3 heterocycles. The molecule has 4 unspecified atom stereocenters. The fraction of sp³-hybridized carbons (Fsp3) is 0.643. The summed E-state index contributed by atoms with van der Waals surface area (Å²) in [5.41, 5.74) is 4.49. The van der Waals surface area contributed by atoms with E-state index in [1.54, 1.807) is 0 Å². The zero-order valence-corrected chi connectivity index (χ0v) is 22.6. The topological polar surface area (TPSA) is 116 Å². The van der Waals surface area contributed by atoms with E-state index in [0.29, 0.717) is 12.5 Å². The minimum absolute atomic E-state index is 0.0792. The Kier molecular flexibility index (Phi) is 10.1. The van der Waals surface area contributed by atoms with Crippen molar-refractivity contribution in [1.29, 1.82) is 0 Å². The molecule has 0 radical (unpaired) electrons. The molecule has 9 heteroatoms. The van der Waals surface area contributed by atoms with Gasteiger partial charge in [-0.3, -0.25) is 9.59 Å². The van der Waals surface area contributed by atoms with Crippen molar-refractivity contribution < 1.29 is 24.6 Å². The summed E-state index contributed by atoms with van der Waals surface area (Å²) in [6, 6.07) is 4.85. The van der Waals surface area contributed by atoms with Crippen LogP contribution < -0.4 is 4.90 Å². The summed E-state index contributed by atoms with van der Waals surface area (Å²) in [5, 5.41) is 16.4. The van der Waals surface area contributed by atoms with E-state index < -0.39 is 5.97 Å². The molecule has 3 aliphatic rings. The zero-order valence-electron chi connectivity index (χ0n) is 22.6. The van der Waals surface area contributed by atoms with Crippen molar-refractivity contribution in [3.05, 3.63) is 23.5 Å². The van der Waals surface area contributed by atoms with Gasteiger partial charge in [0.25, 0.3) is 6.47 Å². The second-order valence-corrected chi connectivity index (χ2v) is 10.7. The average molecular weight is 515 g/mol. The molecule has 2 N–H and O–H groups in total. The van der Waals surface area contributed by atoms with Gasteiger partial charge in [0.1, 0.15) is 12.1 Å². The van der Waals surface area contributed by atoms with Crippen LogP contribution in [-0.2, 0) is 20.8 Å². The molecule has 0 amide bonds. The summed E-state index contributed by atoms with van der Waals surface area (Å²) in [6.45, 7) is 6.50. The Morgan fingerprint density at radius 2 is 1.78 bits per heavy atom. The molecule has 0 spiro atoms. The van der Waals surface area contributed by atoms with Gasteiger partial charge in [0, 0.05) is 30.4 Å². The Bertz CT molecular complexity index is 1080. The predicted octanol–water partition coefficient (Wildman–Crippen LogP) is 4.34. The minimum atomic E-state index is -0.716. The van der Waals surface area contributed by atoms with Crippen molar-refractivity contribution in [3.8, 4) is 0 Å². The highest BCUT2D eigenvalue weighted by atomic mass is 16.4. The van der Waals surface area contributed by atoms with Crippen molar-refractivity contribution in [2.24, 2.45) is 5.92 Å². The standard InChI is InChI=1S/C22H29N3O3.C5H11N.CH2O2/c1-13(12-26)21-23-20-17-8-7-14(2)24(3)18(17)9-10-19(20)25(21)16-6-4-5-15(11-16)22(27)28;1-6-4-2-3-5-6;2-1-3/h9-10,12-16H,4-8,11H2,1-3H3,(H,27,28);2-5H2,1H3;1H,(H,2,3). The van der Waals surface area contributed by atoms with Crippen LogP contribution in [0, 0.1) is 5.92 Å².